The van der Waals surface area contributed by atoms with E-state index in [1.807, 2.05) is 17.9 Å². The summed E-state index contributed by atoms with van der Waals surface area (Å²) in [4.78, 5) is 0. The second-order valence-electron chi connectivity index (χ2n) is 6.14. The van der Waals surface area contributed by atoms with Crippen LogP contribution in [0.25, 0.3) is 0 Å². The van der Waals surface area contributed by atoms with Crippen LogP contribution in [0.4, 0.5) is 0 Å². The van der Waals surface area contributed by atoms with Crippen molar-refractivity contribution in [2.24, 2.45) is 7.05 Å². The molecular formula is C17H26N4. The fourth-order valence-electron chi connectivity index (χ4n) is 3.27. The maximum atomic E-state index is 4.48. The minimum absolute atomic E-state index is 0.535. The topological polar surface area (TPSA) is 34.8 Å². The van der Waals surface area contributed by atoms with Crippen LogP contribution in [0, 0.1) is 0 Å². The van der Waals surface area contributed by atoms with Crippen molar-refractivity contribution in [1.82, 2.24) is 19.7 Å². The molecular weight excluding hydrogens is 260 g/mol. The Morgan fingerprint density at radius 2 is 2.24 bits per heavy atom. The number of nitrogens with zero attached hydrogens (tertiary/aromatic N) is 3. The SMILES string of the molecule is CCCNC1CCCCc2cn(Cc3ccn(C)n3)cc21. The summed E-state index contributed by atoms with van der Waals surface area (Å²) in [6.45, 7) is 4.21. The predicted molar refractivity (Wildman–Crippen MR) is 85.3 cm³/mol. The van der Waals surface area contributed by atoms with Gasteiger partial charge in [-0.15, -0.1) is 0 Å². The van der Waals surface area contributed by atoms with Gasteiger partial charge in [-0.2, -0.15) is 5.10 Å². The smallest absolute Gasteiger partial charge is 0.0821 e. The van der Waals surface area contributed by atoms with Gasteiger partial charge in [-0.05, 0) is 49.4 Å². The van der Waals surface area contributed by atoms with Crippen molar-refractivity contribution in [3.63, 3.8) is 0 Å². The minimum atomic E-state index is 0.535. The van der Waals surface area contributed by atoms with Crippen molar-refractivity contribution < 1.29 is 0 Å². The van der Waals surface area contributed by atoms with E-state index in [0.717, 1.165) is 18.8 Å². The van der Waals surface area contributed by atoms with Gasteiger partial charge >= 0.3 is 0 Å². The van der Waals surface area contributed by atoms with Gasteiger partial charge in [-0.1, -0.05) is 13.3 Å². The van der Waals surface area contributed by atoms with Gasteiger partial charge in [0.15, 0.2) is 0 Å². The van der Waals surface area contributed by atoms with E-state index in [0.29, 0.717) is 6.04 Å². The minimum Gasteiger partial charge on any atom is -0.348 e. The molecule has 1 aliphatic rings. The standard InChI is InChI=1S/C17H26N4/c1-3-9-18-17-7-5-4-6-14-11-21(13-16(14)17)12-15-8-10-20(2)19-15/h8,10-11,13,17-18H,3-7,9,12H2,1-2H3. The summed E-state index contributed by atoms with van der Waals surface area (Å²) in [5, 5.41) is 8.20. The van der Waals surface area contributed by atoms with Crippen molar-refractivity contribution >= 4 is 0 Å². The van der Waals surface area contributed by atoms with Crippen molar-refractivity contribution in [2.75, 3.05) is 6.54 Å². The van der Waals surface area contributed by atoms with Crippen molar-refractivity contribution in [2.45, 2.75) is 51.6 Å². The molecule has 0 fully saturated rings. The Kier molecular flexibility index (Phi) is 4.44. The highest BCUT2D eigenvalue weighted by Crippen LogP contribution is 2.29. The number of fused-ring (bicyclic) bond motifs is 1. The zero-order chi connectivity index (χ0) is 14.7. The third-order valence-corrected chi connectivity index (χ3v) is 4.32. The quantitative estimate of drug-likeness (QED) is 0.857. The Labute approximate surface area is 127 Å². The molecule has 0 bridgehead atoms. The van der Waals surface area contributed by atoms with E-state index in [1.165, 1.54) is 43.2 Å². The highest BCUT2D eigenvalue weighted by Gasteiger charge is 2.20. The second kappa shape index (κ2) is 6.48. The van der Waals surface area contributed by atoms with E-state index in [2.05, 4.69) is 40.4 Å². The molecule has 4 nitrogen and oxygen atoms in total. The van der Waals surface area contributed by atoms with Crippen LogP contribution in [-0.4, -0.2) is 20.9 Å². The molecule has 3 rings (SSSR count). The molecule has 2 aromatic rings. The van der Waals surface area contributed by atoms with Crippen LogP contribution in [-0.2, 0) is 20.0 Å². The van der Waals surface area contributed by atoms with Gasteiger partial charge in [0, 0.05) is 31.7 Å². The summed E-state index contributed by atoms with van der Waals surface area (Å²) in [6.07, 6.45) is 13.0. The summed E-state index contributed by atoms with van der Waals surface area (Å²) in [6, 6.07) is 2.63. The number of nitrogens with one attached hydrogen (secondary N) is 1. The number of hydrogen-bond acceptors (Lipinski definition) is 2. The number of aryl methyl sites for hydroxylation is 2. The fourth-order valence-corrected chi connectivity index (χ4v) is 3.27. The first kappa shape index (κ1) is 14.4. The Morgan fingerprint density at radius 1 is 1.33 bits per heavy atom. The lowest BCUT2D eigenvalue weighted by molar-refractivity contribution is 0.488. The lowest BCUT2D eigenvalue weighted by Crippen LogP contribution is -2.21. The summed E-state index contributed by atoms with van der Waals surface area (Å²) < 4.78 is 4.17. The molecule has 4 heteroatoms. The van der Waals surface area contributed by atoms with Crippen molar-refractivity contribution in [3.05, 3.63) is 41.5 Å². The zero-order valence-corrected chi connectivity index (χ0v) is 13.2. The molecule has 0 radical (unpaired) electrons. The van der Waals surface area contributed by atoms with Crippen molar-refractivity contribution in [1.29, 1.82) is 0 Å². The Bertz CT molecular complexity index is 581. The lowest BCUT2D eigenvalue weighted by atomic mass is 10.0. The molecule has 2 aromatic heterocycles. The predicted octanol–water partition coefficient (Wildman–Crippen LogP) is 3.04. The summed E-state index contributed by atoms with van der Waals surface area (Å²) >= 11 is 0. The van der Waals surface area contributed by atoms with Crippen LogP contribution in [0.1, 0.15) is 55.5 Å². The number of aromatic nitrogens is 3. The molecule has 0 aromatic carbocycles. The first-order valence-corrected chi connectivity index (χ1v) is 8.16. The molecule has 21 heavy (non-hydrogen) atoms. The maximum Gasteiger partial charge on any atom is 0.0821 e. The summed E-state index contributed by atoms with van der Waals surface area (Å²) in [7, 11) is 1.97. The maximum absolute atomic E-state index is 4.48. The molecule has 0 amide bonds. The monoisotopic (exact) mass is 286 g/mol. The van der Waals surface area contributed by atoms with Crippen LogP contribution in [0.15, 0.2) is 24.7 Å². The zero-order valence-electron chi connectivity index (χ0n) is 13.2. The summed E-state index contributed by atoms with van der Waals surface area (Å²) in [5.74, 6) is 0. The highest BCUT2D eigenvalue weighted by atomic mass is 15.3. The largest absolute Gasteiger partial charge is 0.348 e. The molecule has 1 atom stereocenters. The highest BCUT2D eigenvalue weighted by molar-refractivity contribution is 5.29. The Morgan fingerprint density at radius 3 is 3.00 bits per heavy atom. The molecule has 114 valence electrons. The third kappa shape index (κ3) is 3.38. The molecule has 2 heterocycles. The molecule has 1 unspecified atom stereocenters. The van der Waals surface area contributed by atoms with E-state index < -0.39 is 0 Å². The Hall–Kier alpha value is -1.55. The average molecular weight is 286 g/mol. The number of hydrogen-bond donors (Lipinski definition) is 1. The first-order valence-electron chi connectivity index (χ1n) is 8.16. The molecule has 1 aliphatic carbocycles. The average Bonchev–Trinajstić information content (AvgIpc) is 3.00. The normalized spacial score (nSPS) is 18.5. The van der Waals surface area contributed by atoms with Crippen LogP contribution in [0.5, 0.6) is 0 Å². The summed E-state index contributed by atoms with van der Waals surface area (Å²) in [5.41, 5.74) is 4.16. The third-order valence-electron chi connectivity index (χ3n) is 4.32. The van der Waals surface area contributed by atoms with Gasteiger partial charge in [-0.25, -0.2) is 0 Å². The molecule has 1 N–H and O–H groups in total. The first-order chi connectivity index (χ1) is 10.3. The van der Waals surface area contributed by atoms with E-state index in [9.17, 15) is 0 Å². The van der Waals surface area contributed by atoms with Crippen LogP contribution >= 0.6 is 0 Å². The second-order valence-corrected chi connectivity index (χ2v) is 6.14. The van der Waals surface area contributed by atoms with Crippen LogP contribution < -0.4 is 5.32 Å². The van der Waals surface area contributed by atoms with Gasteiger partial charge in [0.2, 0.25) is 0 Å². The van der Waals surface area contributed by atoms with Gasteiger partial charge < -0.3 is 9.88 Å². The van der Waals surface area contributed by atoms with Gasteiger partial charge in [0.05, 0.1) is 12.2 Å². The van der Waals surface area contributed by atoms with Gasteiger partial charge in [0.1, 0.15) is 0 Å². The van der Waals surface area contributed by atoms with Crippen molar-refractivity contribution in [3.8, 4) is 0 Å². The van der Waals surface area contributed by atoms with Gasteiger partial charge in [0.25, 0.3) is 0 Å². The molecule has 0 aliphatic heterocycles. The lowest BCUT2D eigenvalue weighted by Gasteiger charge is -2.16. The van der Waals surface area contributed by atoms with E-state index >= 15 is 0 Å². The van der Waals surface area contributed by atoms with Crippen LogP contribution in [0.3, 0.4) is 0 Å². The van der Waals surface area contributed by atoms with E-state index in [-0.39, 0.29) is 0 Å². The van der Waals surface area contributed by atoms with Gasteiger partial charge in [-0.3, -0.25) is 4.68 Å². The van der Waals surface area contributed by atoms with E-state index in [4.69, 9.17) is 0 Å². The molecule has 0 spiro atoms. The fraction of sp³-hybridized carbons (Fsp3) is 0.588. The van der Waals surface area contributed by atoms with E-state index in [1.54, 1.807) is 0 Å². The molecule has 0 saturated carbocycles. The molecule has 0 saturated heterocycles. The Balaban J connectivity index is 1.79. The van der Waals surface area contributed by atoms with Crippen LogP contribution in [0.2, 0.25) is 0 Å². The number of rotatable bonds is 5.